The van der Waals surface area contributed by atoms with Gasteiger partial charge in [0.1, 0.15) is 5.88 Å². The van der Waals surface area contributed by atoms with Crippen LogP contribution < -0.4 is 5.32 Å². The molecule has 2 unspecified atom stereocenters. The van der Waals surface area contributed by atoms with Crippen LogP contribution in [0, 0.1) is 0 Å². The van der Waals surface area contributed by atoms with Gasteiger partial charge >= 0.3 is 0 Å². The van der Waals surface area contributed by atoms with Crippen molar-refractivity contribution in [3.8, 4) is 0 Å². The molecule has 1 amide bonds. The van der Waals surface area contributed by atoms with Crippen molar-refractivity contribution in [3.05, 3.63) is 71.3 Å². The van der Waals surface area contributed by atoms with Crippen LogP contribution in [0.15, 0.2) is 54.6 Å². The number of hydrogen-bond donors (Lipinski definition) is 1. The lowest BCUT2D eigenvalue weighted by Gasteiger charge is -2.32. The van der Waals surface area contributed by atoms with Gasteiger partial charge in [0, 0.05) is 6.04 Å². The van der Waals surface area contributed by atoms with E-state index in [-0.39, 0.29) is 17.8 Å². The predicted molar refractivity (Wildman–Crippen MR) is 90.3 cm³/mol. The van der Waals surface area contributed by atoms with Crippen molar-refractivity contribution in [2.24, 2.45) is 0 Å². The van der Waals surface area contributed by atoms with Crippen molar-refractivity contribution in [1.82, 2.24) is 5.32 Å². The van der Waals surface area contributed by atoms with E-state index in [0.29, 0.717) is 5.92 Å². The average Bonchev–Trinajstić information content (AvgIpc) is 2.55. The Morgan fingerprint density at radius 1 is 1.09 bits per heavy atom. The molecule has 1 aliphatic carbocycles. The fourth-order valence-electron chi connectivity index (χ4n) is 3.41. The van der Waals surface area contributed by atoms with Crippen LogP contribution in [0.2, 0.25) is 0 Å². The van der Waals surface area contributed by atoms with Crippen LogP contribution in [0.5, 0.6) is 0 Å². The van der Waals surface area contributed by atoms with E-state index in [9.17, 15) is 4.79 Å². The van der Waals surface area contributed by atoms with Crippen LogP contribution in [0.25, 0.3) is 0 Å². The molecular formula is C19H20ClNO. The normalized spacial score (nSPS) is 20.2. The number of rotatable bonds is 4. The maximum absolute atomic E-state index is 11.6. The molecule has 0 saturated heterocycles. The van der Waals surface area contributed by atoms with Crippen molar-refractivity contribution in [2.75, 3.05) is 5.88 Å². The molecule has 2 aromatic rings. The second-order valence-electron chi connectivity index (χ2n) is 5.92. The molecule has 0 aromatic heterocycles. The van der Waals surface area contributed by atoms with Gasteiger partial charge in [-0.25, -0.2) is 0 Å². The summed E-state index contributed by atoms with van der Waals surface area (Å²) in [6.45, 7) is 0. The zero-order valence-electron chi connectivity index (χ0n) is 12.5. The Hall–Kier alpha value is -1.80. The number of halogens is 1. The van der Waals surface area contributed by atoms with E-state index < -0.39 is 0 Å². The van der Waals surface area contributed by atoms with Gasteiger partial charge in [0.15, 0.2) is 0 Å². The minimum Gasteiger partial charge on any atom is -0.352 e. The molecule has 1 N–H and O–H groups in total. The van der Waals surface area contributed by atoms with E-state index in [4.69, 9.17) is 11.6 Å². The third-order valence-corrected chi connectivity index (χ3v) is 4.58. The first-order valence-corrected chi connectivity index (χ1v) is 8.26. The molecule has 22 heavy (non-hydrogen) atoms. The maximum atomic E-state index is 11.6. The smallest absolute Gasteiger partial charge is 0.235 e. The highest BCUT2D eigenvalue weighted by molar-refractivity contribution is 6.27. The molecule has 2 atom stereocenters. The lowest BCUT2D eigenvalue weighted by Crippen LogP contribution is -2.40. The summed E-state index contributed by atoms with van der Waals surface area (Å²) in [7, 11) is 0. The quantitative estimate of drug-likeness (QED) is 0.857. The Labute approximate surface area is 136 Å². The number of alkyl halides is 1. The van der Waals surface area contributed by atoms with E-state index in [2.05, 4.69) is 53.8 Å². The number of carbonyl (C=O) groups is 1. The van der Waals surface area contributed by atoms with E-state index in [1.165, 1.54) is 16.7 Å². The van der Waals surface area contributed by atoms with E-state index in [1.54, 1.807) is 0 Å². The van der Waals surface area contributed by atoms with Crippen LogP contribution in [0.4, 0.5) is 0 Å². The fourth-order valence-corrected chi connectivity index (χ4v) is 3.48. The first-order chi connectivity index (χ1) is 10.8. The first kappa shape index (κ1) is 15.1. The van der Waals surface area contributed by atoms with Gasteiger partial charge in [-0.1, -0.05) is 54.6 Å². The van der Waals surface area contributed by atoms with Crippen LogP contribution in [-0.4, -0.2) is 17.8 Å². The van der Waals surface area contributed by atoms with Gasteiger partial charge in [0.05, 0.1) is 0 Å². The molecule has 0 radical (unpaired) electrons. The summed E-state index contributed by atoms with van der Waals surface area (Å²) < 4.78 is 0. The summed E-state index contributed by atoms with van der Waals surface area (Å²) in [5.41, 5.74) is 4.10. The first-order valence-electron chi connectivity index (χ1n) is 7.73. The monoisotopic (exact) mass is 313 g/mol. The predicted octanol–water partition coefficient (Wildman–Crippen LogP) is 3.68. The highest BCUT2D eigenvalue weighted by Crippen LogP contribution is 2.34. The summed E-state index contributed by atoms with van der Waals surface area (Å²) in [5, 5.41) is 3.05. The highest BCUT2D eigenvalue weighted by atomic mass is 35.5. The summed E-state index contributed by atoms with van der Waals surface area (Å²) in [6, 6.07) is 19.3. The molecular weight excluding hydrogens is 294 g/mol. The Kier molecular flexibility index (Phi) is 4.79. The maximum Gasteiger partial charge on any atom is 0.235 e. The van der Waals surface area contributed by atoms with Crippen molar-refractivity contribution >= 4 is 17.5 Å². The Morgan fingerprint density at radius 2 is 1.82 bits per heavy atom. The summed E-state index contributed by atoms with van der Waals surface area (Å²) in [4.78, 5) is 11.6. The number of carbonyl (C=O) groups excluding carboxylic acids is 1. The fraction of sp³-hybridized carbons (Fsp3) is 0.316. The van der Waals surface area contributed by atoms with Crippen LogP contribution in [0.3, 0.4) is 0 Å². The van der Waals surface area contributed by atoms with Gasteiger partial charge in [0.25, 0.3) is 0 Å². The molecule has 3 rings (SSSR count). The Morgan fingerprint density at radius 3 is 2.59 bits per heavy atom. The van der Waals surface area contributed by atoms with Crippen LogP contribution in [-0.2, 0) is 17.6 Å². The number of nitrogens with one attached hydrogen (secondary N) is 1. The topological polar surface area (TPSA) is 29.1 Å². The number of fused-ring (bicyclic) bond motifs is 1. The number of hydrogen-bond acceptors (Lipinski definition) is 1. The molecule has 0 heterocycles. The van der Waals surface area contributed by atoms with Crippen molar-refractivity contribution in [2.45, 2.75) is 31.2 Å². The molecule has 0 saturated carbocycles. The molecule has 2 nitrogen and oxygen atoms in total. The summed E-state index contributed by atoms with van der Waals surface area (Å²) >= 11 is 5.63. The van der Waals surface area contributed by atoms with Crippen molar-refractivity contribution in [1.29, 1.82) is 0 Å². The third-order valence-electron chi connectivity index (χ3n) is 4.34. The van der Waals surface area contributed by atoms with Gasteiger partial charge in [-0.05, 0) is 41.9 Å². The van der Waals surface area contributed by atoms with Gasteiger partial charge < -0.3 is 5.32 Å². The largest absolute Gasteiger partial charge is 0.352 e. The van der Waals surface area contributed by atoms with E-state index in [0.717, 1.165) is 19.3 Å². The van der Waals surface area contributed by atoms with E-state index in [1.807, 2.05) is 6.07 Å². The Bertz CT molecular complexity index is 641. The summed E-state index contributed by atoms with van der Waals surface area (Å²) in [6.07, 6.45) is 2.86. The Balaban J connectivity index is 1.82. The molecule has 0 bridgehead atoms. The van der Waals surface area contributed by atoms with Crippen molar-refractivity contribution in [3.63, 3.8) is 0 Å². The second kappa shape index (κ2) is 6.97. The van der Waals surface area contributed by atoms with Crippen LogP contribution >= 0.6 is 11.6 Å². The van der Waals surface area contributed by atoms with Crippen molar-refractivity contribution < 1.29 is 4.79 Å². The van der Waals surface area contributed by atoms with Gasteiger partial charge in [0.2, 0.25) is 5.91 Å². The number of amides is 1. The average molecular weight is 314 g/mol. The van der Waals surface area contributed by atoms with Gasteiger partial charge in [-0.3, -0.25) is 4.79 Å². The minimum absolute atomic E-state index is 0.0293. The summed E-state index contributed by atoms with van der Waals surface area (Å²) in [5.74, 6) is 0.388. The highest BCUT2D eigenvalue weighted by Gasteiger charge is 2.27. The molecule has 1 aliphatic rings. The molecule has 2 aromatic carbocycles. The molecule has 3 heteroatoms. The molecule has 0 spiro atoms. The zero-order chi connectivity index (χ0) is 15.4. The number of benzene rings is 2. The SMILES string of the molecule is O=C(CCl)NC1Cc2ccccc2C(Cc2ccccc2)C1. The second-order valence-corrected chi connectivity index (χ2v) is 6.19. The lowest BCUT2D eigenvalue weighted by atomic mass is 9.77. The molecule has 0 fully saturated rings. The lowest BCUT2D eigenvalue weighted by molar-refractivity contribution is -0.119. The zero-order valence-corrected chi connectivity index (χ0v) is 13.2. The third kappa shape index (κ3) is 3.50. The molecule has 114 valence electrons. The van der Waals surface area contributed by atoms with Crippen LogP contribution in [0.1, 0.15) is 29.0 Å². The minimum atomic E-state index is -0.0792. The van der Waals surface area contributed by atoms with E-state index >= 15 is 0 Å². The van der Waals surface area contributed by atoms with Gasteiger partial charge in [-0.2, -0.15) is 0 Å². The molecule has 0 aliphatic heterocycles. The van der Waals surface area contributed by atoms with Gasteiger partial charge in [-0.15, -0.1) is 11.6 Å². The standard InChI is InChI=1S/C19H20ClNO/c20-13-19(22)21-17-11-15-8-4-5-9-18(15)16(12-17)10-14-6-2-1-3-7-14/h1-9,16-17H,10-13H2,(H,21,22).